The SMILES string of the molecule is CC1CCCCCC1NCc1ccc([N+](=O)[O-])cc1. The van der Waals surface area contributed by atoms with Crippen molar-refractivity contribution in [3.8, 4) is 0 Å². The lowest BCUT2D eigenvalue weighted by atomic mass is 9.97. The summed E-state index contributed by atoms with van der Waals surface area (Å²) < 4.78 is 0. The molecule has 2 rings (SSSR count). The molecule has 1 aromatic rings. The van der Waals surface area contributed by atoms with Crippen LogP contribution in [0, 0.1) is 16.0 Å². The Balaban J connectivity index is 1.88. The van der Waals surface area contributed by atoms with Crippen LogP contribution in [-0.2, 0) is 6.54 Å². The summed E-state index contributed by atoms with van der Waals surface area (Å²) in [5.41, 5.74) is 1.27. The smallest absolute Gasteiger partial charge is 0.269 e. The maximum Gasteiger partial charge on any atom is 0.269 e. The second-order valence-electron chi connectivity index (χ2n) is 5.53. The summed E-state index contributed by atoms with van der Waals surface area (Å²) in [6.07, 6.45) is 6.55. The average Bonchev–Trinajstić information content (AvgIpc) is 2.61. The van der Waals surface area contributed by atoms with Gasteiger partial charge in [0, 0.05) is 24.7 Å². The van der Waals surface area contributed by atoms with Crippen molar-refractivity contribution < 1.29 is 4.92 Å². The normalized spacial score (nSPS) is 23.8. The van der Waals surface area contributed by atoms with Crippen molar-refractivity contribution in [2.75, 3.05) is 0 Å². The Morgan fingerprint density at radius 3 is 2.58 bits per heavy atom. The fourth-order valence-electron chi connectivity index (χ4n) is 2.78. The van der Waals surface area contributed by atoms with Gasteiger partial charge in [-0.1, -0.05) is 38.3 Å². The molecule has 0 aliphatic heterocycles. The number of hydrogen-bond acceptors (Lipinski definition) is 3. The van der Waals surface area contributed by atoms with E-state index in [2.05, 4.69) is 12.2 Å². The van der Waals surface area contributed by atoms with Crippen LogP contribution in [0.2, 0.25) is 0 Å². The first-order valence-electron chi connectivity index (χ1n) is 7.13. The summed E-state index contributed by atoms with van der Waals surface area (Å²) in [4.78, 5) is 10.2. The van der Waals surface area contributed by atoms with Gasteiger partial charge in [0.1, 0.15) is 0 Å². The van der Waals surface area contributed by atoms with Crippen molar-refractivity contribution >= 4 is 5.69 Å². The van der Waals surface area contributed by atoms with E-state index in [4.69, 9.17) is 0 Å². The summed E-state index contributed by atoms with van der Waals surface area (Å²) in [6, 6.07) is 7.41. The zero-order valence-corrected chi connectivity index (χ0v) is 11.5. The van der Waals surface area contributed by atoms with Gasteiger partial charge in [-0.2, -0.15) is 0 Å². The Labute approximate surface area is 114 Å². The molecule has 4 nitrogen and oxygen atoms in total. The Hall–Kier alpha value is -1.42. The van der Waals surface area contributed by atoms with Crippen LogP contribution in [0.4, 0.5) is 5.69 Å². The van der Waals surface area contributed by atoms with Gasteiger partial charge in [-0.3, -0.25) is 10.1 Å². The maximum absolute atomic E-state index is 10.6. The second-order valence-corrected chi connectivity index (χ2v) is 5.53. The third-order valence-electron chi connectivity index (χ3n) is 4.08. The molecule has 1 aliphatic rings. The van der Waals surface area contributed by atoms with Crippen LogP contribution in [0.1, 0.15) is 44.6 Å². The minimum Gasteiger partial charge on any atom is -0.310 e. The van der Waals surface area contributed by atoms with E-state index in [0.29, 0.717) is 6.04 Å². The molecule has 0 amide bonds. The van der Waals surface area contributed by atoms with Gasteiger partial charge >= 0.3 is 0 Å². The van der Waals surface area contributed by atoms with Crippen LogP contribution in [0.5, 0.6) is 0 Å². The monoisotopic (exact) mass is 262 g/mol. The zero-order chi connectivity index (χ0) is 13.7. The molecule has 1 saturated carbocycles. The molecule has 104 valence electrons. The fraction of sp³-hybridized carbons (Fsp3) is 0.600. The van der Waals surface area contributed by atoms with Gasteiger partial charge < -0.3 is 5.32 Å². The number of non-ortho nitro benzene ring substituents is 1. The van der Waals surface area contributed by atoms with E-state index in [1.807, 2.05) is 12.1 Å². The molecule has 0 saturated heterocycles. The largest absolute Gasteiger partial charge is 0.310 e. The van der Waals surface area contributed by atoms with Crippen LogP contribution >= 0.6 is 0 Å². The third-order valence-corrected chi connectivity index (χ3v) is 4.08. The van der Waals surface area contributed by atoms with E-state index in [1.165, 1.54) is 32.1 Å². The van der Waals surface area contributed by atoms with Gasteiger partial charge in [-0.15, -0.1) is 0 Å². The van der Waals surface area contributed by atoms with E-state index >= 15 is 0 Å². The zero-order valence-electron chi connectivity index (χ0n) is 11.5. The maximum atomic E-state index is 10.6. The van der Waals surface area contributed by atoms with Crippen LogP contribution in [-0.4, -0.2) is 11.0 Å². The number of nitro groups is 1. The minimum absolute atomic E-state index is 0.159. The first-order valence-corrected chi connectivity index (χ1v) is 7.13. The average molecular weight is 262 g/mol. The van der Waals surface area contributed by atoms with Crippen molar-refractivity contribution in [1.29, 1.82) is 0 Å². The molecule has 0 aromatic heterocycles. The van der Waals surface area contributed by atoms with Crippen LogP contribution in [0.25, 0.3) is 0 Å². The molecule has 0 spiro atoms. The lowest BCUT2D eigenvalue weighted by molar-refractivity contribution is -0.384. The van der Waals surface area contributed by atoms with Gasteiger partial charge in [0.25, 0.3) is 5.69 Å². The molecule has 0 heterocycles. The Bertz CT molecular complexity index is 417. The van der Waals surface area contributed by atoms with E-state index in [1.54, 1.807) is 12.1 Å². The Kier molecular flexibility index (Phi) is 4.91. The van der Waals surface area contributed by atoms with Crippen molar-refractivity contribution in [3.63, 3.8) is 0 Å². The molecule has 4 heteroatoms. The minimum atomic E-state index is -0.357. The van der Waals surface area contributed by atoms with Gasteiger partial charge in [0.15, 0.2) is 0 Å². The van der Waals surface area contributed by atoms with Crippen LogP contribution in [0.15, 0.2) is 24.3 Å². The molecule has 2 atom stereocenters. The second kappa shape index (κ2) is 6.66. The molecule has 0 radical (unpaired) electrons. The van der Waals surface area contributed by atoms with E-state index in [9.17, 15) is 10.1 Å². The van der Waals surface area contributed by atoms with Gasteiger partial charge in [0.05, 0.1) is 4.92 Å². The molecule has 1 aliphatic carbocycles. The molecule has 1 fully saturated rings. The molecular weight excluding hydrogens is 240 g/mol. The van der Waals surface area contributed by atoms with Gasteiger partial charge in [-0.25, -0.2) is 0 Å². The summed E-state index contributed by atoms with van der Waals surface area (Å²) in [5, 5.41) is 14.2. The highest BCUT2D eigenvalue weighted by Gasteiger charge is 2.19. The van der Waals surface area contributed by atoms with Crippen LogP contribution < -0.4 is 5.32 Å². The Morgan fingerprint density at radius 2 is 1.89 bits per heavy atom. The first kappa shape index (κ1) is 14.0. The molecule has 0 bridgehead atoms. The number of nitro benzene ring substituents is 1. The fourth-order valence-corrected chi connectivity index (χ4v) is 2.78. The molecule has 1 aromatic carbocycles. The van der Waals surface area contributed by atoms with Crippen LogP contribution in [0.3, 0.4) is 0 Å². The van der Waals surface area contributed by atoms with Crippen molar-refractivity contribution in [2.45, 2.75) is 51.6 Å². The number of benzene rings is 1. The highest BCUT2D eigenvalue weighted by Crippen LogP contribution is 2.23. The number of rotatable bonds is 4. The van der Waals surface area contributed by atoms with E-state index in [0.717, 1.165) is 18.0 Å². The Morgan fingerprint density at radius 1 is 1.21 bits per heavy atom. The predicted molar refractivity (Wildman–Crippen MR) is 76.0 cm³/mol. The quantitative estimate of drug-likeness (QED) is 0.512. The standard InChI is InChI=1S/C15H22N2O2/c1-12-5-3-2-4-6-15(12)16-11-13-7-9-14(10-8-13)17(18)19/h7-10,12,15-16H,2-6,11H2,1H3. The molecule has 2 unspecified atom stereocenters. The van der Waals surface area contributed by atoms with E-state index < -0.39 is 0 Å². The molecular formula is C15H22N2O2. The van der Waals surface area contributed by atoms with E-state index in [-0.39, 0.29) is 10.6 Å². The first-order chi connectivity index (χ1) is 9.16. The lowest BCUT2D eigenvalue weighted by Crippen LogP contribution is -2.33. The predicted octanol–water partition coefficient (Wildman–Crippen LogP) is 3.65. The lowest BCUT2D eigenvalue weighted by Gasteiger charge is -2.22. The topological polar surface area (TPSA) is 55.2 Å². The highest BCUT2D eigenvalue weighted by molar-refractivity contribution is 5.32. The molecule has 19 heavy (non-hydrogen) atoms. The summed E-state index contributed by atoms with van der Waals surface area (Å²) in [6.45, 7) is 3.12. The van der Waals surface area contributed by atoms with Crippen molar-refractivity contribution in [3.05, 3.63) is 39.9 Å². The number of nitrogens with zero attached hydrogens (tertiary/aromatic N) is 1. The number of nitrogens with one attached hydrogen (secondary N) is 1. The third kappa shape index (κ3) is 4.03. The van der Waals surface area contributed by atoms with Gasteiger partial charge in [-0.05, 0) is 24.3 Å². The van der Waals surface area contributed by atoms with Crippen molar-refractivity contribution in [2.24, 2.45) is 5.92 Å². The van der Waals surface area contributed by atoms with Crippen molar-refractivity contribution in [1.82, 2.24) is 5.32 Å². The van der Waals surface area contributed by atoms with Gasteiger partial charge in [0.2, 0.25) is 0 Å². The summed E-state index contributed by atoms with van der Waals surface area (Å²) >= 11 is 0. The summed E-state index contributed by atoms with van der Waals surface area (Å²) in [5.74, 6) is 0.723. The number of hydrogen-bond donors (Lipinski definition) is 1. The highest BCUT2D eigenvalue weighted by atomic mass is 16.6. The molecule has 1 N–H and O–H groups in total. The summed E-state index contributed by atoms with van der Waals surface area (Å²) in [7, 11) is 0.